The molecule has 0 aliphatic carbocycles. The Morgan fingerprint density at radius 2 is 1.78 bits per heavy atom. The first-order valence-corrected chi connectivity index (χ1v) is 11.4. The van der Waals surface area contributed by atoms with Gasteiger partial charge in [-0.3, -0.25) is 9.59 Å². The largest absolute Gasteiger partial charge is 0.483 e. The van der Waals surface area contributed by atoms with E-state index in [1.54, 1.807) is 11.0 Å². The lowest BCUT2D eigenvalue weighted by Crippen LogP contribution is -2.54. The topological polar surface area (TPSA) is 58.6 Å². The Hall–Kier alpha value is -2.53. The number of rotatable bonds is 8. The zero-order valence-electron chi connectivity index (χ0n) is 20.2. The highest BCUT2D eigenvalue weighted by Crippen LogP contribution is 2.24. The third-order valence-corrected chi connectivity index (χ3v) is 5.67. The summed E-state index contributed by atoms with van der Waals surface area (Å²) in [6.45, 7) is 13.7. The maximum absolute atomic E-state index is 13.4. The second-order valence-corrected chi connectivity index (χ2v) is 9.68. The molecule has 0 saturated carbocycles. The lowest BCUT2D eigenvalue weighted by Gasteiger charge is -2.33. The minimum Gasteiger partial charge on any atom is -0.483 e. The predicted octanol–water partition coefficient (Wildman–Crippen LogP) is 5.37. The molecule has 174 valence electrons. The quantitative estimate of drug-likeness (QED) is 0.578. The monoisotopic (exact) mass is 458 g/mol. The summed E-state index contributed by atoms with van der Waals surface area (Å²) in [4.78, 5) is 28.0. The van der Waals surface area contributed by atoms with E-state index in [0.717, 1.165) is 22.3 Å². The summed E-state index contributed by atoms with van der Waals surface area (Å²) in [5.41, 5.74) is 3.55. The van der Waals surface area contributed by atoms with Crippen LogP contribution in [0.4, 0.5) is 0 Å². The molecule has 2 aromatic carbocycles. The third kappa shape index (κ3) is 6.99. The first kappa shape index (κ1) is 25.7. The molecule has 2 rings (SSSR count). The Morgan fingerprint density at radius 3 is 2.38 bits per heavy atom. The fraction of sp³-hybridized carbons (Fsp3) is 0.462. The highest BCUT2D eigenvalue weighted by molar-refractivity contribution is 6.31. The Balaban J connectivity index is 2.31. The number of hydrogen-bond acceptors (Lipinski definition) is 3. The van der Waals surface area contributed by atoms with Gasteiger partial charge >= 0.3 is 0 Å². The number of carbonyl (C=O) groups is 2. The molecule has 32 heavy (non-hydrogen) atoms. The first-order valence-electron chi connectivity index (χ1n) is 11.0. The second-order valence-electron chi connectivity index (χ2n) is 9.27. The van der Waals surface area contributed by atoms with E-state index >= 15 is 0 Å². The van der Waals surface area contributed by atoms with Gasteiger partial charge in [0, 0.05) is 17.1 Å². The summed E-state index contributed by atoms with van der Waals surface area (Å²) < 4.78 is 5.93. The molecule has 0 radical (unpaired) electrons. The number of amides is 2. The smallest absolute Gasteiger partial charge is 0.261 e. The molecule has 0 fully saturated rings. The normalized spacial score (nSPS) is 12.2. The van der Waals surface area contributed by atoms with Gasteiger partial charge in [-0.1, -0.05) is 42.8 Å². The van der Waals surface area contributed by atoms with Gasteiger partial charge in [0.25, 0.3) is 5.91 Å². The maximum atomic E-state index is 13.4. The number of benzene rings is 2. The SMILES string of the molecule is CC[C@@H](C(=O)NC(C)(C)C)N(Cc1ccccc1Cl)C(=O)COc1cc(C)cc(C)c1C. The fourth-order valence-corrected chi connectivity index (χ4v) is 3.75. The van der Waals surface area contributed by atoms with Gasteiger partial charge in [-0.05, 0) is 82.3 Å². The van der Waals surface area contributed by atoms with Gasteiger partial charge in [0.15, 0.2) is 6.61 Å². The van der Waals surface area contributed by atoms with Crippen molar-refractivity contribution in [3.05, 3.63) is 63.7 Å². The first-order chi connectivity index (χ1) is 14.9. The van der Waals surface area contributed by atoms with Crippen LogP contribution in [0.3, 0.4) is 0 Å². The van der Waals surface area contributed by atoms with Crippen molar-refractivity contribution in [3.63, 3.8) is 0 Å². The van der Waals surface area contributed by atoms with E-state index in [9.17, 15) is 9.59 Å². The van der Waals surface area contributed by atoms with Crippen LogP contribution in [0.25, 0.3) is 0 Å². The number of halogens is 1. The van der Waals surface area contributed by atoms with Crippen molar-refractivity contribution in [2.45, 2.75) is 73.0 Å². The minimum atomic E-state index is -0.637. The number of nitrogens with zero attached hydrogens (tertiary/aromatic N) is 1. The summed E-state index contributed by atoms with van der Waals surface area (Å²) in [5, 5.41) is 3.55. The van der Waals surface area contributed by atoms with Crippen molar-refractivity contribution < 1.29 is 14.3 Å². The summed E-state index contributed by atoms with van der Waals surface area (Å²) in [6, 6.07) is 10.7. The molecule has 6 heteroatoms. The predicted molar refractivity (Wildman–Crippen MR) is 130 cm³/mol. The van der Waals surface area contributed by atoms with Crippen LogP contribution in [0.5, 0.6) is 5.75 Å². The van der Waals surface area contributed by atoms with Crippen molar-refractivity contribution in [1.29, 1.82) is 0 Å². The molecule has 2 aromatic rings. The molecular weight excluding hydrogens is 424 g/mol. The van der Waals surface area contributed by atoms with Crippen molar-refractivity contribution >= 4 is 23.4 Å². The van der Waals surface area contributed by atoms with E-state index in [0.29, 0.717) is 17.2 Å². The number of aryl methyl sites for hydroxylation is 2. The zero-order valence-corrected chi connectivity index (χ0v) is 21.0. The Kier molecular flexibility index (Phi) is 8.73. The third-order valence-electron chi connectivity index (χ3n) is 5.30. The average Bonchev–Trinajstić information content (AvgIpc) is 2.69. The second kappa shape index (κ2) is 10.9. The van der Waals surface area contributed by atoms with Crippen LogP contribution in [0.1, 0.15) is 56.4 Å². The van der Waals surface area contributed by atoms with Crippen molar-refractivity contribution in [2.75, 3.05) is 6.61 Å². The van der Waals surface area contributed by atoms with E-state index in [-0.39, 0.29) is 25.0 Å². The van der Waals surface area contributed by atoms with E-state index in [1.807, 2.05) is 72.7 Å². The van der Waals surface area contributed by atoms with E-state index < -0.39 is 11.6 Å². The van der Waals surface area contributed by atoms with Gasteiger partial charge in [0.05, 0.1) is 0 Å². The molecule has 0 saturated heterocycles. The molecular formula is C26H35ClN2O3. The molecule has 0 aromatic heterocycles. The van der Waals surface area contributed by atoms with Gasteiger partial charge in [0.2, 0.25) is 5.91 Å². The highest BCUT2D eigenvalue weighted by Gasteiger charge is 2.31. The van der Waals surface area contributed by atoms with Gasteiger partial charge < -0.3 is 15.0 Å². The van der Waals surface area contributed by atoms with Crippen LogP contribution >= 0.6 is 11.6 Å². The van der Waals surface area contributed by atoms with Crippen LogP contribution in [-0.4, -0.2) is 34.9 Å². The molecule has 0 bridgehead atoms. The molecule has 5 nitrogen and oxygen atoms in total. The minimum absolute atomic E-state index is 0.159. The van der Waals surface area contributed by atoms with Gasteiger partial charge in [0.1, 0.15) is 11.8 Å². The number of hydrogen-bond donors (Lipinski definition) is 1. The van der Waals surface area contributed by atoms with Crippen LogP contribution in [0, 0.1) is 20.8 Å². The van der Waals surface area contributed by atoms with E-state index in [1.165, 1.54) is 0 Å². The Bertz CT molecular complexity index is 966. The molecule has 0 aliphatic heterocycles. The van der Waals surface area contributed by atoms with Gasteiger partial charge in [-0.25, -0.2) is 0 Å². The van der Waals surface area contributed by atoms with Crippen LogP contribution in [0.2, 0.25) is 5.02 Å². The molecule has 0 spiro atoms. The lowest BCUT2D eigenvalue weighted by atomic mass is 10.1. The average molecular weight is 459 g/mol. The molecule has 2 amide bonds. The fourth-order valence-electron chi connectivity index (χ4n) is 3.56. The van der Waals surface area contributed by atoms with Crippen LogP contribution < -0.4 is 10.1 Å². The Morgan fingerprint density at radius 1 is 1.12 bits per heavy atom. The van der Waals surface area contributed by atoms with Crippen molar-refractivity contribution in [3.8, 4) is 5.75 Å². The molecule has 0 unspecified atom stereocenters. The molecule has 0 aliphatic rings. The van der Waals surface area contributed by atoms with Gasteiger partial charge in [-0.2, -0.15) is 0 Å². The number of ether oxygens (including phenoxy) is 1. The summed E-state index contributed by atoms with van der Waals surface area (Å²) >= 11 is 6.37. The summed E-state index contributed by atoms with van der Waals surface area (Å²) in [5.74, 6) is 0.225. The van der Waals surface area contributed by atoms with Gasteiger partial charge in [-0.15, -0.1) is 0 Å². The zero-order chi connectivity index (χ0) is 24.1. The summed E-state index contributed by atoms with van der Waals surface area (Å²) in [7, 11) is 0. The van der Waals surface area contributed by atoms with Crippen molar-refractivity contribution in [2.24, 2.45) is 0 Å². The maximum Gasteiger partial charge on any atom is 0.261 e. The van der Waals surface area contributed by atoms with E-state index in [2.05, 4.69) is 11.4 Å². The molecule has 0 heterocycles. The standard InChI is InChI=1S/C26H35ClN2O3/c1-8-22(25(31)28-26(5,6)7)29(15-20-11-9-10-12-21(20)27)24(30)16-32-23-14-17(2)13-18(3)19(23)4/h9-14,22H,8,15-16H2,1-7H3,(H,28,31)/t22-/m0/s1. The number of carbonyl (C=O) groups excluding carboxylic acids is 2. The molecule has 1 atom stereocenters. The number of nitrogens with one attached hydrogen (secondary N) is 1. The highest BCUT2D eigenvalue weighted by atomic mass is 35.5. The van der Waals surface area contributed by atoms with Crippen molar-refractivity contribution in [1.82, 2.24) is 10.2 Å². The summed E-state index contributed by atoms with van der Waals surface area (Å²) in [6.07, 6.45) is 0.473. The van der Waals surface area contributed by atoms with Crippen LogP contribution in [0.15, 0.2) is 36.4 Å². The Labute approximate surface area is 197 Å². The molecule has 1 N–H and O–H groups in total. The van der Waals surface area contributed by atoms with E-state index in [4.69, 9.17) is 16.3 Å². The lowest BCUT2D eigenvalue weighted by molar-refractivity contribution is -0.143. The van der Waals surface area contributed by atoms with Crippen LogP contribution in [-0.2, 0) is 16.1 Å².